The largest absolute Gasteiger partial charge is 0.497 e. The Bertz CT molecular complexity index is 2110. The molecule has 1 aliphatic rings. The van der Waals surface area contributed by atoms with Crippen LogP contribution in [-0.4, -0.2) is 24.3 Å². The van der Waals surface area contributed by atoms with Crippen molar-refractivity contribution in [3.8, 4) is 17.1 Å². The molecule has 0 spiro atoms. The predicted molar refractivity (Wildman–Crippen MR) is 163 cm³/mol. The number of methoxy groups -OCH3 is 1. The molecule has 0 bridgehead atoms. The molecular formula is C34H25F3N2O5S. The number of hydrogen-bond donors (Lipinski definition) is 0. The highest BCUT2D eigenvalue weighted by atomic mass is 32.1. The molecule has 0 saturated heterocycles. The Kier molecular flexibility index (Phi) is 8.03. The molecule has 0 aliphatic carbocycles. The van der Waals surface area contributed by atoms with Gasteiger partial charge in [0.2, 0.25) is 0 Å². The molecule has 228 valence electrons. The van der Waals surface area contributed by atoms with Crippen LogP contribution in [0.25, 0.3) is 23.1 Å². The second-order valence-electron chi connectivity index (χ2n) is 9.99. The third kappa shape index (κ3) is 5.86. The van der Waals surface area contributed by atoms with Gasteiger partial charge in [0.1, 0.15) is 17.3 Å². The second kappa shape index (κ2) is 12.1. The van der Waals surface area contributed by atoms with Crippen molar-refractivity contribution in [3.05, 3.63) is 139 Å². The number of carbonyl (C=O) groups excluding carboxylic acids is 1. The van der Waals surface area contributed by atoms with Crippen molar-refractivity contribution in [2.45, 2.75) is 19.1 Å². The lowest BCUT2D eigenvalue weighted by Gasteiger charge is -2.26. The van der Waals surface area contributed by atoms with E-state index in [1.807, 2.05) is 30.3 Å². The Morgan fingerprint density at radius 2 is 1.76 bits per heavy atom. The first-order valence-electron chi connectivity index (χ1n) is 13.9. The molecule has 1 atom stereocenters. The zero-order valence-electron chi connectivity index (χ0n) is 24.0. The summed E-state index contributed by atoms with van der Waals surface area (Å²) in [6.07, 6.45) is -2.99. The van der Waals surface area contributed by atoms with E-state index in [0.29, 0.717) is 27.4 Å². The summed E-state index contributed by atoms with van der Waals surface area (Å²) in [7, 11) is 1.53. The number of alkyl halides is 3. The van der Waals surface area contributed by atoms with Crippen molar-refractivity contribution >= 4 is 29.1 Å². The van der Waals surface area contributed by atoms with E-state index < -0.39 is 29.3 Å². The van der Waals surface area contributed by atoms with Crippen LogP contribution in [0, 0.1) is 0 Å². The Morgan fingerprint density at radius 3 is 2.49 bits per heavy atom. The molecule has 7 nitrogen and oxygen atoms in total. The maximum Gasteiger partial charge on any atom is 0.416 e. The minimum Gasteiger partial charge on any atom is -0.497 e. The summed E-state index contributed by atoms with van der Waals surface area (Å²) in [6, 6.07) is 23.3. The van der Waals surface area contributed by atoms with Gasteiger partial charge in [-0.05, 0) is 48.9 Å². The Labute approximate surface area is 258 Å². The van der Waals surface area contributed by atoms with E-state index in [4.69, 9.17) is 18.9 Å². The van der Waals surface area contributed by atoms with E-state index in [9.17, 15) is 22.8 Å². The maximum atomic E-state index is 14.1. The summed E-state index contributed by atoms with van der Waals surface area (Å²) in [5.41, 5.74) is 0.865. The standard InChI is InChI=1S/C34H25F3N2O5S/c1-3-43-32(41)28-29(20-9-5-4-6-10-20)38-33-39(30(28)22-12-8-14-24(18-22)42-2)31(40)27(45-33)19-25-15-16-26(44-25)21-11-7-13-23(17-21)34(35,36)37/h4-19,30H,3H2,1-2H3/b27-19-. The predicted octanol–water partition coefficient (Wildman–Crippen LogP) is 6.22. The third-order valence-electron chi connectivity index (χ3n) is 7.16. The number of ether oxygens (including phenoxy) is 2. The first-order valence-corrected chi connectivity index (χ1v) is 14.7. The first kappa shape index (κ1) is 29.9. The lowest BCUT2D eigenvalue weighted by atomic mass is 9.93. The van der Waals surface area contributed by atoms with Crippen molar-refractivity contribution in [3.63, 3.8) is 0 Å². The van der Waals surface area contributed by atoms with Crippen molar-refractivity contribution in [1.29, 1.82) is 0 Å². The molecule has 1 aliphatic heterocycles. The topological polar surface area (TPSA) is 83.0 Å². The first-order chi connectivity index (χ1) is 21.7. The summed E-state index contributed by atoms with van der Waals surface area (Å²) >= 11 is 1.10. The van der Waals surface area contributed by atoms with Crippen LogP contribution in [0.3, 0.4) is 0 Å². The van der Waals surface area contributed by atoms with Crippen molar-refractivity contribution in [1.82, 2.24) is 4.57 Å². The molecule has 0 amide bonds. The van der Waals surface area contributed by atoms with Crippen LogP contribution in [0.1, 0.15) is 35.4 Å². The fraction of sp³-hybridized carbons (Fsp3) is 0.147. The Balaban J connectivity index is 1.53. The summed E-state index contributed by atoms with van der Waals surface area (Å²) in [4.78, 5) is 32.8. The number of benzene rings is 3. The number of aromatic nitrogens is 1. The molecule has 2 aromatic heterocycles. The van der Waals surface area contributed by atoms with E-state index in [-0.39, 0.29) is 33.8 Å². The van der Waals surface area contributed by atoms with Gasteiger partial charge in [0.15, 0.2) is 4.80 Å². The van der Waals surface area contributed by atoms with E-state index >= 15 is 0 Å². The summed E-state index contributed by atoms with van der Waals surface area (Å²) in [5, 5.41) is 0. The fourth-order valence-electron chi connectivity index (χ4n) is 5.13. The normalized spacial score (nSPS) is 15.0. The number of carbonyl (C=O) groups is 1. The van der Waals surface area contributed by atoms with E-state index in [1.165, 1.54) is 29.9 Å². The van der Waals surface area contributed by atoms with Crippen molar-refractivity contribution < 1.29 is 31.9 Å². The van der Waals surface area contributed by atoms with Crippen LogP contribution < -0.4 is 19.6 Å². The number of fused-ring (bicyclic) bond motifs is 1. The number of halogens is 3. The van der Waals surface area contributed by atoms with E-state index in [1.54, 1.807) is 43.3 Å². The highest BCUT2D eigenvalue weighted by molar-refractivity contribution is 7.07. The second-order valence-corrected chi connectivity index (χ2v) is 11.0. The van der Waals surface area contributed by atoms with Gasteiger partial charge in [0.05, 0.1) is 41.1 Å². The maximum absolute atomic E-state index is 14.1. The molecule has 0 N–H and O–H groups in total. The quantitative estimate of drug-likeness (QED) is 0.200. The summed E-state index contributed by atoms with van der Waals surface area (Å²) < 4.78 is 58.3. The Hall–Kier alpha value is -5.16. The zero-order valence-corrected chi connectivity index (χ0v) is 24.8. The average molecular weight is 631 g/mol. The monoisotopic (exact) mass is 630 g/mol. The molecule has 5 aromatic rings. The number of hydrogen-bond acceptors (Lipinski definition) is 7. The van der Waals surface area contributed by atoms with Crippen molar-refractivity contribution in [2.75, 3.05) is 13.7 Å². The van der Waals surface area contributed by atoms with Gasteiger partial charge in [-0.2, -0.15) is 13.2 Å². The van der Waals surface area contributed by atoms with Gasteiger partial charge in [0.25, 0.3) is 5.56 Å². The van der Waals surface area contributed by atoms with Gasteiger partial charge in [-0.1, -0.05) is 65.9 Å². The number of furan rings is 1. The minimum absolute atomic E-state index is 0.117. The van der Waals surface area contributed by atoms with Gasteiger partial charge >= 0.3 is 12.1 Å². The molecule has 1 unspecified atom stereocenters. The number of thiazole rings is 1. The molecule has 3 heterocycles. The average Bonchev–Trinajstić information content (AvgIpc) is 3.64. The van der Waals surface area contributed by atoms with Crippen LogP contribution in [0.5, 0.6) is 5.75 Å². The molecule has 0 saturated carbocycles. The molecule has 3 aromatic carbocycles. The lowest BCUT2D eigenvalue weighted by Crippen LogP contribution is -2.40. The van der Waals surface area contributed by atoms with Crippen molar-refractivity contribution in [2.24, 2.45) is 4.99 Å². The molecule has 45 heavy (non-hydrogen) atoms. The van der Waals surface area contributed by atoms with Gasteiger partial charge in [-0.15, -0.1) is 0 Å². The van der Waals surface area contributed by atoms with Gasteiger partial charge < -0.3 is 13.9 Å². The van der Waals surface area contributed by atoms with Gasteiger partial charge in [-0.25, -0.2) is 9.79 Å². The number of nitrogens with zero attached hydrogens (tertiary/aromatic N) is 2. The SMILES string of the molecule is CCOC(=O)C1=C(c2ccccc2)N=c2s/c(=C\c3ccc(-c4cccc(C(F)(F)F)c4)o3)c(=O)n2C1c1cccc(OC)c1. The third-order valence-corrected chi connectivity index (χ3v) is 8.14. The highest BCUT2D eigenvalue weighted by Crippen LogP contribution is 2.36. The summed E-state index contributed by atoms with van der Waals surface area (Å²) in [6.45, 7) is 1.82. The smallest absolute Gasteiger partial charge is 0.416 e. The van der Waals surface area contributed by atoms with E-state index in [0.717, 1.165) is 23.5 Å². The minimum atomic E-state index is -4.50. The van der Waals surface area contributed by atoms with Crippen LogP contribution in [0.4, 0.5) is 13.2 Å². The van der Waals surface area contributed by atoms with Gasteiger partial charge in [0, 0.05) is 17.2 Å². The number of rotatable bonds is 7. The molecule has 11 heteroatoms. The molecule has 0 fully saturated rings. The molecule has 0 radical (unpaired) electrons. The van der Waals surface area contributed by atoms with E-state index in [2.05, 4.69) is 0 Å². The van der Waals surface area contributed by atoms with Gasteiger partial charge in [-0.3, -0.25) is 9.36 Å². The molecule has 6 rings (SSSR count). The van der Waals surface area contributed by atoms with Crippen LogP contribution in [0.15, 0.2) is 111 Å². The lowest BCUT2D eigenvalue weighted by molar-refractivity contribution is -0.139. The Morgan fingerprint density at radius 1 is 1.00 bits per heavy atom. The highest BCUT2D eigenvalue weighted by Gasteiger charge is 2.35. The van der Waals surface area contributed by atoms with Crippen LogP contribution in [-0.2, 0) is 15.7 Å². The zero-order chi connectivity index (χ0) is 31.7. The molecular weight excluding hydrogens is 605 g/mol. The summed E-state index contributed by atoms with van der Waals surface area (Å²) in [5.74, 6) is 0.400. The van der Waals surface area contributed by atoms with Crippen LogP contribution in [0.2, 0.25) is 0 Å². The van der Waals surface area contributed by atoms with Crippen LogP contribution >= 0.6 is 11.3 Å². The number of esters is 1. The fourth-order valence-corrected chi connectivity index (χ4v) is 6.11.